The third-order valence-electron chi connectivity index (χ3n) is 4.56. The Morgan fingerprint density at radius 3 is 2.67 bits per heavy atom. The van der Waals surface area contributed by atoms with Crippen LogP contribution in [0.1, 0.15) is 6.92 Å². The largest absolute Gasteiger partial charge is 0.495 e. The molecule has 2 N–H and O–H groups in total. The monoisotopic (exact) mass is 394 g/mol. The van der Waals surface area contributed by atoms with Crippen molar-refractivity contribution in [1.29, 1.82) is 0 Å². The summed E-state index contributed by atoms with van der Waals surface area (Å²) in [7, 11) is 1.55. The number of amides is 2. The fourth-order valence-electron chi connectivity index (χ4n) is 2.93. The highest BCUT2D eigenvalue weighted by Gasteiger charge is 2.26. The highest BCUT2D eigenvalue weighted by Crippen LogP contribution is 2.28. The zero-order chi connectivity index (χ0) is 19.8. The first-order chi connectivity index (χ1) is 12.9. The minimum Gasteiger partial charge on any atom is -0.495 e. The predicted molar refractivity (Wildman–Crippen MR) is 107 cm³/mol. The molecule has 1 saturated heterocycles. The molecule has 7 nitrogen and oxygen atoms in total. The number of nitrogens with one attached hydrogen (secondary N) is 2. The van der Waals surface area contributed by atoms with Gasteiger partial charge in [0.05, 0.1) is 25.4 Å². The summed E-state index contributed by atoms with van der Waals surface area (Å²) in [5.74, 6) is 0.435. The van der Waals surface area contributed by atoms with Crippen LogP contribution in [0.3, 0.4) is 0 Å². The second-order valence-electron chi connectivity index (χ2n) is 6.41. The molecule has 0 unspecified atom stereocenters. The summed E-state index contributed by atoms with van der Waals surface area (Å²) in [4.78, 5) is 28.6. The van der Waals surface area contributed by atoms with Crippen LogP contribution in [0.5, 0.6) is 5.75 Å². The molecule has 2 amide bonds. The molecule has 0 saturated carbocycles. The average Bonchev–Trinajstić information content (AvgIpc) is 2.66. The Bertz CT molecular complexity index is 675. The number of nitrogens with zero attached hydrogens (tertiary/aromatic N) is 2. The first-order valence-electron chi connectivity index (χ1n) is 8.93. The third-order valence-corrected chi connectivity index (χ3v) is 4.80. The Hall–Kier alpha value is -2.09. The van der Waals surface area contributed by atoms with Crippen molar-refractivity contribution in [3.05, 3.63) is 35.9 Å². The van der Waals surface area contributed by atoms with Gasteiger partial charge < -0.3 is 15.4 Å². The summed E-state index contributed by atoms with van der Waals surface area (Å²) < 4.78 is 5.27. The predicted octanol–water partition coefficient (Wildman–Crippen LogP) is 1.60. The van der Waals surface area contributed by atoms with Gasteiger partial charge in [0.1, 0.15) is 5.75 Å². The van der Waals surface area contributed by atoms with Gasteiger partial charge in [-0.25, -0.2) is 0 Å². The smallest absolute Gasteiger partial charge is 0.241 e. The summed E-state index contributed by atoms with van der Waals surface area (Å²) >= 11 is 6.01. The molecular formula is C19H27ClN4O3. The fourth-order valence-corrected chi connectivity index (χ4v) is 3.11. The summed E-state index contributed by atoms with van der Waals surface area (Å²) in [6.45, 7) is 9.20. The Kier molecular flexibility index (Phi) is 8.09. The Morgan fingerprint density at radius 2 is 2.04 bits per heavy atom. The topological polar surface area (TPSA) is 73.9 Å². The van der Waals surface area contributed by atoms with Crippen LogP contribution in [-0.2, 0) is 9.59 Å². The van der Waals surface area contributed by atoms with Gasteiger partial charge in [-0.1, -0.05) is 17.7 Å². The molecule has 0 bridgehead atoms. The van der Waals surface area contributed by atoms with Gasteiger partial charge >= 0.3 is 0 Å². The number of hydrogen-bond donors (Lipinski definition) is 2. The Labute approximate surface area is 165 Å². The van der Waals surface area contributed by atoms with Gasteiger partial charge in [0, 0.05) is 37.7 Å². The lowest BCUT2D eigenvalue weighted by Crippen LogP contribution is -2.54. The van der Waals surface area contributed by atoms with Gasteiger partial charge in [-0.3, -0.25) is 19.4 Å². The molecule has 1 heterocycles. The maximum Gasteiger partial charge on any atom is 0.241 e. The van der Waals surface area contributed by atoms with E-state index in [1.54, 1.807) is 31.4 Å². The third kappa shape index (κ3) is 6.23. The first kappa shape index (κ1) is 21.2. The average molecular weight is 395 g/mol. The van der Waals surface area contributed by atoms with Crippen molar-refractivity contribution in [1.82, 2.24) is 15.1 Å². The van der Waals surface area contributed by atoms with Gasteiger partial charge in [-0.15, -0.1) is 6.58 Å². The van der Waals surface area contributed by atoms with Crippen molar-refractivity contribution >= 4 is 29.1 Å². The number of carbonyl (C=O) groups is 2. The molecule has 1 aliphatic heterocycles. The Balaban J connectivity index is 1.85. The number of piperazine rings is 1. The number of methoxy groups -OCH3 is 1. The quantitative estimate of drug-likeness (QED) is 0.655. The zero-order valence-electron chi connectivity index (χ0n) is 15.8. The molecule has 1 atom stereocenters. The molecule has 1 aromatic carbocycles. The molecule has 0 spiro atoms. The van der Waals surface area contributed by atoms with Gasteiger partial charge in [0.2, 0.25) is 11.8 Å². The lowest BCUT2D eigenvalue weighted by Gasteiger charge is -2.37. The highest BCUT2D eigenvalue weighted by atomic mass is 35.5. The van der Waals surface area contributed by atoms with Crippen molar-refractivity contribution in [3.8, 4) is 5.75 Å². The minimum atomic E-state index is -0.301. The van der Waals surface area contributed by atoms with E-state index in [2.05, 4.69) is 27.0 Å². The lowest BCUT2D eigenvalue weighted by molar-refractivity contribution is -0.124. The molecule has 0 aliphatic carbocycles. The Morgan fingerprint density at radius 1 is 1.33 bits per heavy atom. The van der Waals surface area contributed by atoms with Gasteiger partial charge in [0.15, 0.2) is 0 Å². The van der Waals surface area contributed by atoms with E-state index in [-0.39, 0.29) is 17.9 Å². The molecule has 1 aromatic rings. The maximum absolute atomic E-state index is 12.6. The van der Waals surface area contributed by atoms with Crippen molar-refractivity contribution < 1.29 is 14.3 Å². The number of hydrogen-bond acceptors (Lipinski definition) is 5. The van der Waals surface area contributed by atoms with Gasteiger partial charge in [-0.05, 0) is 25.1 Å². The van der Waals surface area contributed by atoms with Gasteiger partial charge in [0.25, 0.3) is 0 Å². The van der Waals surface area contributed by atoms with Crippen LogP contribution in [0.2, 0.25) is 5.02 Å². The molecule has 0 aromatic heterocycles. The van der Waals surface area contributed by atoms with Crippen molar-refractivity contribution in [2.75, 3.05) is 51.7 Å². The SMILES string of the molecule is C=CCNC(=O)CN1CCN([C@@H](C)C(=O)Nc2cc(Cl)ccc2OC)CC1. The standard InChI is InChI=1S/C19H27ClN4O3/c1-4-7-21-18(25)13-23-8-10-24(11-9-23)14(2)19(26)22-16-12-15(20)5-6-17(16)27-3/h4-6,12,14H,1,7-11,13H2,2-3H3,(H,21,25)(H,22,26)/t14-/m0/s1. The zero-order valence-corrected chi connectivity index (χ0v) is 16.6. The second-order valence-corrected chi connectivity index (χ2v) is 6.85. The van der Waals surface area contributed by atoms with Crippen molar-refractivity contribution in [3.63, 3.8) is 0 Å². The van der Waals surface area contributed by atoms with Gasteiger partial charge in [-0.2, -0.15) is 0 Å². The van der Waals surface area contributed by atoms with E-state index in [1.165, 1.54) is 0 Å². The number of benzene rings is 1. The molecule has 1 aliphatic rings. The minimum absolute atomic E-state index is 0.0119. The highest BCUT2D eigenvalue weighted by molar-refractivity contribution is 6.31. The van der Waals surface area contributed by atoms with Crippen LogP contribution in [0.25, 0.3) is 0 Å². The van der Waals surface area contributed by atoms with E-state index in [1.807, 2.05) is 6.92 Å². The van der Waals surface area contributed by atoms with Crippen molar-refractivity contribution in [2.24, 2.45) is 0 Å². The summed E-state index contributed by atoms with van der Waals surface area (Å²) in [5, 5.41) is 6.19. The number of rotatable bonds is 8. The van der Waals surface area contributed by atoms with E-state index in [9.17, 15) is 9.59 Å². The summed E-state index contributed by atoms with van der Waals surface area (Å²) in [6.07, 6.45) is 1.66. The summed E-state index contributed by atoms with van der Waals surface area (Å²) in [5.41, 5.74) is 0.555. The van der Waals surface area contributed by atoms with E-state index in [0.717, 1.165) is 26.2 Å². The van der Waals surface area contributed by atoms with E-state index in [4.69, 9.17) is 16.3 Å². The normalized spacial score (nSPS) is 16.4. The van der Waals surface area contributed by atoms with E-state index >= 15 is 0 Å². The molecule has 1 fully saturated rings. The summed E-state index contributed by atoms with van der Waals surface area (Å²) in [6, 6.07) is 4.80. The van der Waals surface area contributed by atoms with Crippen LogP contribution in [0.4, 0.5) is 5.69 Å². The molecule has 2 rings (SSSR count). The van der Waals surface area contributed by atoms with E-state index < -0.39 is 0 Å². The molecule has 0 radical (unpaired) electrons. The molecule has 8 heteroatoms. The van der Waals surface area contributed by atoms with Crippen molar-refractivity contribution in [2.45, 2.75) is 13.0 Å². The van der Waals surface area contributed by atoms with Crippen LogP contribution in [0, 0.1) is 0 Å². The first-order valence-corrected chi connectivity index (χ1v) is 9.30. The number of halogens is 1. The van der Waals surface area contributed by atoms with Crippen LogP contribution >= 0.6 is 11.6 Å². The number of carbonyl (C=O) groups excluding carboxylic acids is 2. The van der Waals surface area contributed by atoms with Crippen LogP contribution < -0.4 is 15.4 Å². The molecule has 27 heavy (non-hydrogen) atoms. The van der Waals surface area contributed by atoms with E-state index in [0.29, 0.717) is 29.5 Å². The van der Waals surface area contributed by atoms with Crippen LogP contribution in [0.15, 0.2) is 30.9 Å². The number of anilines is 1. The molecular weight excluding hydrogens is 368 g/mol. The fraction of sp³-hybridized carbons (Fsp3) is 0.474. The van der Waals surface area contributed by atoms with Crippen LogP contribution in [-0.4, -0.2) is 74.0 Å². The number of ether oxygens (including phenoxy) is 1. The maximum atomic E-state index is 12.6. The molecule has 148 valence electrons. The second kappa shape index (κ2) is 10.3. The lowest BCUT2D eigenvalue weighted by atomic mass is 10.2.